The molecule has 0 bridgehead atoms. The number of hydrogen-bond acceptors (Lipinski definition) is 4. The maximum atomic E-state index is 10.2. The SMILES string of the molecule is CCCc1cc(CC2CO2)c(CC2CO2)c(O)c1O. The minimum absolute atomic E-state index is 0.0390. The van der Waals surface area contributed by atoms with Crippen LogP contribution in [0.2, 0.25) is 0 Å². The Bertz CT molecular complexity index is 476. The van der Waals surface area contributed by atoms with E-state index in [0.717, 1.165) is 49.2 Å². The van der Waals surface area contributed by atoms with Gasteiger partial charge in [-0.05, 0) is 17.5 Å². The van der Waals surface area contributed by atoms with Crippen LogP contribution < -0.4 is 0 Å². The van der Waals surface area contributed by atoms with Crippen molar-refractivity contribution in [3.05, 3.63) is 22.8 Å². The topological polar surface area (TPSA) is 65.5 Å². The van der Waals surface area contributed by atoms with E-state index in [1.165, 1.54) is 0 Å². The monoisotopic (exact) mass is 264 g/mol. The van der Waals surface area contributed by atoms with E-state index < -0.39 is 0 Å². The summed E-state index contributed by atoms with van der Waals surface area (Å²) in [5.74, 6) is 0.0788. The molecule has 2 atom stereocenters. The van der Waals surface area contributed by atoms with Crippen LogP contribution in [0.25, 0.3) is 0 Å². The van der Waals surface area contributed by atoms with Crippen LogP contribution in [-0.4, -0.2) is 35.6 Å². The first-order chi connectivity index (χ1) is 9.19. The Morgan fingerprint density at radius 1 is 1.05 bits per heavy atom. The largest absolute Gasteiger partial charge is 0.504 e. The molecule has 0 aromatic heterocycles. The van der Waals surface area contributed by atoms with Crippen molar-refractivity contribution in [2.24, 2.45) is 0 Å². The van der Waals surface area contributed by atoms with Gasteiger partial charge >= 0.3 is 0 Å². The minimum atomic E-state index is 0.0390. The lowest BCUT2D eigenvalue weighted by Gasteiger charge is -2.15. The summed E-state index contributed by atoms with van der Waals surface area (Å²) in [4.78, 5) is 0. The van der Waals surface area contributed by atoms with Gasteiger partial charge in [0.15, 0.2) is 11.5 Å². The van der Waals surface area contributed by atoms with E-state index >= 15 is 0 Å². The third-order valence-electron chi connectivity index (χ3n) is 3.75. The van der Waals surface area contributed by atoms with Crippen LogP contribution >= 0.6 is 0 Å². The summed E-state index contributed by atoms with van der Waals surface area (Å²) in [6, 6.07) is 2.03. The van der Waals surface area contributed by atoms with Crippen LogP contribution in [0, 0.1) is 0 Å². The Kier molecular flexibility index (Phi) is 3.37. The van der Waals surface area contributed by atoms with Crippen molar-refractivity contribution in [3.63, 3.8) is 0 Å². The summed E-state index contributed by atoms with van der Waals surface area (Å²) >= 11 is 0. The van der Waals surface area contributed by atoms with E-state index in [1.807, 2.05) is 6.07 Å². The second-order valence-electron chi connectivity index (χ2n) is 5.44. The molecule has 2 saturated heterocycles. The molecule has 4 nitrogen and oxygen atoms in total. The summed E-state index contributed by atoms with van der Waals surface area (Å²) < 4.78 is 10.5. The molecule has 104 valence electrons. The van der Waals surface area contributed by atoms with E-state index in [4.69, 9.17) is 9.47 Å². The second-order valence-corrected chi connectivity index (χ2v) is 5.44. The summed E-state index contributed by atoms with van der Waals surface area (Å²) in [5, 5.41) is 20.3. The van der Waals surface area contributed by atoms with Gasteiger partial charge in [0.05, 0.1) is 25.4 Å². The standard InChI is InChI=1S/C15H20O4/c1-2-3-9-4-10(5-11-7-18-11)13(6-12-8-19-12)15(17)14(9)16/h4,11-12,16-17H,2-3,5-8H2,1H3. The van der Waals surface area contributed by atoms with Crippen LogP contribution in [0.4, 0.5) is 0 Å². The summed E-state index contributed by atoms with van der Waals surface area (Å²) in [6.07, 6.45) is 3.68. The zero-order valence-corrected chi connectivity index (χ0v) is 11.2. The molecule has 2 N–H and O–H groups in total. The zero-order chi connectivity index (χ0) is 13.4. The number of phenols is 2. The number of benzene rings is 1. The van der Waals surface area contributed by atoms with Gasteiger partial charge in [-0.1, -0.05) is 19.4 Å². The zero-order valence-electron chi connectivity index (χ0n) is 11.2. The smallest absolute Gasteiger partial charge is 0.161 e. The van der Waals surface area contributed by atoms with Crippen molar-refractivity contribution >= 4 is 0 Å². The highest BCUT2D eigenvalue weighted by molar-refractivity contribution is 5.54. The first kappa shape index (κ1) is 12.8. The van der Waals surface area contributed by atoms with E-state index in [2.05, 4.69) is 6.92 Å². The van der Waals surface area contributed by atoms with Crippen molar-refractivity contribution in [2.45, 2.75) is 44.8 Å². The maximum Gasteiger partial charge on any atom is 0.161 e. The highest BCUT2D eigenvalue weighted by Gasteiger charge is 2.30. The molecular weight excluding hydrogens is 244 g/mol. The predicted molar refractivity (Wildman–Crippen MR) is 70.7 cm³/mol. The molecular formula is C15H20O4. The van der Waals surface area contributed by atoms with Gasteiger partial charge in [0.2, 0.25) is 0 Å². The Labute approximate surface area is 113 Å². The summed E-state index contributed by atoms with van der Waals surface area (Å²) in [7, 11) is 0. The third kappa shape index (κ3) is 2.85. The van der Waals surface area contributed by atoms with E-state index in [-0.39, 0.29) is 23.7 Å². The Morgan fingerprint density at radius 3 is 2.26 bits per heavy atom. The van der Waals surface area contributed by atoms with Crippen molar-refractivity contribution in [2.75, 3.05) is 13.2 Å². The molecule has 4 heteroatoms. The lowest BCUT2D eigenvalue weighted by molar-refractivity contribution is 0.379. The third-order valence-corrected chi connectivity index (χ3v) is 3.75. The average Bonchev–Trinajstić information content (AvgIpc) is 3.25. The quantitative estimate of drug-likeness (QED) is 0.608. The lowest BCUT2D eigenvalue weighted by Crippen LogP contribution is -2.05. The highest BCUT2D eigenvalue weighted by Crippen LogP contribution is 2.39. The number of aryl methyl sites for hydroxylation is 1. The molecule has 2 aliphatic rings. The van der Waals surface area contributed by atoms with Crippen molar-refractivity contribution in [3.8, 4) is 11.5 Å². The van der Waals surface area contributed by atoms with E-state index in [9.17, 15) is 10.2 Å². The number of rotatable bonds is 6. The molecule has 0 radical (unpaired) electrons. The molecule has 0 spiro atoms. The van der Waals surface area contributed by atoms with Crippen LogP contribution in [0.3, 0.4) is 0 Å². The molecule has 1 aromatic carbocycles. The molecule has 0 aliphatic carbocycles. The van der Waals surface area contributed by atoms with Crippen molar-refractivity contribution in [1.29, 1.82) is 0 Å². The molecule has 0 amide bonds. The van der Waals surface area contributed by atoms with Crippen LogP contribution in [0.15, 0.2) is 6.07 Å². The molecule has 1 aromatic rings. The van der Waals surface area contributed by atoms with Crippen molar-refractivity contribution in [1.82, 2.24) is 0 Å². The molecule has 3 rings (SSSR count). The fraction of sp³-hybridized carbons (Fsp3) is 0.600. The Balaban J connectivity index is 1.94. The summed E-state index contributed by atoms with van der Waals surface area (Å²) in [6.45, 7) is 3.60. The van der Waals surface area contributed by atoms with Crippen LogP contribution in [0.1, 0.15) is 30.0 Å². The maximum absolute atomic E-state index is 10.2. The average molecular weight is 264 g/mol. The number of epoxide rings is 2. The normalized spacial score (nSPS) is 24.5. The van der Waals surface area contributed by atoms with Gasteiger partial charge in [-0.3, -0.25) is 0 Å². The predicted octanol–water partition coefficient (Wildman–Crippen LogP) is 1.93. The van der Waals surface area contributed by atoms with E-state index in [1.54, 1.807) is 0 Å². The minimum Gasteiger partial charge on any atom is -0.504 e. The fourth-order valence-corrected chi connectivity index (χ4v) is 2.53. The number of ether oxygens (including phenoxy) is 2. The van der Waals surface area contributed by atoms with Gasteiger partial charge in [0.1, 0.15) is 0 Å². The molecule has 19 heavy (non-hydrogen) atoms. The van der Waals surface area contributed by atoms with Gasteiger partial charge in [0, 0.05) is 18.4 Å². The number of phenolic OH excluding ortho intramolecular Hbond substituents is 2. The molecule has 2 unspecified atom stereocenters. The lowest BCUT2D eigenvalue weighted by atomic mass is 9.93. The van der Waals surface area contributed by atoms with Crippen LogP contribution in [0.5, 0.6) is 11.5 Å². The Morgan fingerprint density at radius 2 is 1.68 bits per heavy atom. The number of hydrogen-bond donors (Lipinski definition) is 2. The van der Waals surface area contributed by atoms with Gasteiger partial charge in [0.25, 0.3) is 0 Å². The van der Waals surface area contributed by atoms with Gasteiger partial charge < -0.3 is 19.7 Å². The van der Waals surface area contributed by atoms with Crippen LogP contribution in [-0.2, 0) is 28.7 Å². The highest BCUT2D eigenvalue weighted by atomic mass is 16.6. The van der Waals surface area contributed by atoms with Crippen molar-refractivity contribution < 1.29 is 19.7 Å². The molecule has 2 aliphatic heterocycles. The number of aromatic hydroxyl groups is 2. The van der Waals surface area contributed by atoms with Gasteiger partial charge in [-0.15, -0.1) is 0 Å². The van der Waals surface area contributed by atoms with Gasteiger partial charge in [-0.25, -0.2) is 0 Å². The second kappa shape index (κ2) is 5.02. The molecule has 2 heterocycles. The van der Waals surface area contributed by atoms with E-state index in [0.29, 0.717) is 6.42 Å². The molecule has 0 saturated carbocycles. The molecule has 2 fully saturated rings. The first-order valence-corrected chi connectivity index (χ1v) is 6.97. The van der Waals surface area contributed by atoms with Gasteiger partial charge in [-0.2, -0.15) is 0 Å². The Hall–Kier alpha value is -1.26. The first-order valence-electron chi connectivity index (χ1n) is 6.97. The fourth-order valence-electron chi connectivity index (χ4n) is 2.53. The summed E-state index contributed by atoms with van der Waals surface area (Å²) in [5.41, 5.74) is 2.75.